The van der Waals surface area contributed by atoms with Gasteiger partial charge in [0.2, 0.25) is 11.0 Å². The predicted octanol–water partition coefficient (Wildman–Crippen LogP) is 3.86. The minimum absolute atomic E-state index is 0.367. The molecule has 1 aliphatic rings. The van der Waals surface area contributed by atoms with Crippen molar-refractivity contribution in [2.75, 3.05) is 19.0 Å². The molecule has 9 nitrogen and oxygen atoms in total. The van der Waals surface area contributed by atoms with Gasteiger partial charge in [0.25, 0.3) is 5.91 Å². The van der Waals surface area contributed by atoms with E-state index in [9.17, 15) is 14.4 Å². The molecule has 0 bridgehead atoms. The molecular formula is C23H31N5O4S. The van der Waals surface area contributed by atoms with Gasteiger partial charge in [-0.15, -0.1) is 10.2 Å². The Hall–Kier alpha value is -3.01. The number of amides is 4. The zero-order chi connectivity index (χ0) is 23.8. The number of carbonyl (C=O) groups excluding carboxylic acids is 3. The molecule has 1 unspecified atom stereocenters. The van der Waals surface area contributed by atoms with Crippen LogP contribution in [-0.2, 0) is 21.5 Å². The zero-order valence-electron chi connectivity index (χ0n) is 19.3. The Bertz CT molecular complexity index is 977. The molecule has 2 aromatic rings. The first kappa shape index (κ1) is 24.6. The van der Waals surface area contributed by atoms with Crippen molar-refractivity contribution in [1.29, 1.82) is 0 Å². The highest BCUT2D eigenvalue weighted by Crippen LogP contribution is 2.30. The molecule has 1 fully saturated rings. The van der Waals surface area contributed by atoms with Crippen molar-refractivity contribution in [2.45, 2.75) is 64.3 Å². The van der Waals surface area contributed by atoms with Crippen LogP contribution in [0.3, 0.4) is 0 Å². The van der Waals surface area contributed by atoms with Gasteiger partial charge in [-0.05, 0) is 31.0 Å². The molecule has 0 radical (unpaired) electrons. The maximum absolute atomic E-state index is 13.0. The molecule has 1 aromatic heterocycles. The first-order valence-electron chi connectivity index (χ1n) is 11.3. The summed E-state index contributed by atoms with van der Waals surface area (Å²) in [6.07, 6.45) is 7.99. The topological polar surface area (TPSA) is 114 Å². The smallest absolute Gasteiger partial charge is 0.325 e. The third-order valence-electron chi connectivity index (χ3n) is 5.70. The van der Waals surface area contributed by atoms with Crippen LogP contribution in [-0.4, -0.2) is 46.6 Å². The second-order valence-corrected chi connectivity index (χ2v) is 9.30. The van der Waals surface area contributed by atoms with Crippen molar-refractivity contribution in [1.82, 2.24) is 20.4 Å². The lowest BCUT2D eigenvalue weighted by Gasteiger charge is -2.22. The van der Waals surface area contributed by atoms with E-state index in [4.69, 9.17) is 4.74 Å². The van der Waals surface area contributed by atoms with Crippen LogP contribution in [0, 0.1) is 0 Å². The number of methoxy groups -OCH3 is 1. The van der Waals surface area contributed by atoms with Crippen molar-refractivity contribution >= 4 is 34.3 Å². The highest BCUT2D eigenvalue weighted by Gasteiger charge is 2.49. The molecule has 1 atom stereocenters. The second-order valence-electron chi connectivity index (χ2n) is 8.24. The Morgan fingerprint density at radius 1 is 1.12 bits per heavy atom. The van der Waals surface area contributed by atoms with Crippen molar-refractivity contribution in [3.63, 3.8) is 0 Å². The van der Waals surface area contributed by atoms with Crippen LogP contribution in [0.4, 0.5) is 9.93 Å². The van der Waals surface area contributed by atoms with E-state index < -0.39 is 29.9 Å². The van der Waals surface area contributed by atoms with Gasteiger partial charge in [0, 0.05) is 6.42 Å². The van der Waals surface area contributed by atoms with Gasteiger partial charge in [0.15, 0.2) is 0 Å². The fourth-order valence-electron chi connectivity index (χ4n) is 3.72. The van der Waals surface area contributed by atoms with Gasteiger partial charge in [-0.1, -0.05) is 62.5 Å². The molecule has 10 heteroatoms. The van der Waals surface area contributed by atoms with E-state index in [1.807, 2.05) is 0 Å². The lowest BCUT2D eigenvalue weighted by molar-refractivity contribution is -0.133. The summed E-state index contributed by atoms with van der Waals surface area (Å²) in [6.45, 7) is 3.41. The SMILES string of the molecule is CCCCCCCCc1nnc(NC(=O)CN2C(=O)NC(C)(c3ccc(OC)cc3)C2=O)s1. The summed E-state index contributed by atoms with van der Waals surface area (Å²) in [7, 11) is 1.55. The number of nitrogens with one attached hydrogen (secondary N) is 2. The van der Waals surface area contributed by atoms with Crippen LogP contribution in [0.5, 0.6) is 5.75 Å². The van der Waals surface area contributed by atoms with Gasteiger partial charge in [-0.25, -0.2) is 4.79 Å². The molecule has 4 amide bonds. The fraction of sp³-hybridized carbons (Fsp3) is 0.522. The van der Waals surface area contributed by atoms with Gasteiger partial charge in [-0.3, -0.25) is 19.8 Å². The molecule has 33 heavy (non-hydrogen) atoms. The highest BCUT2D eigenvalue weighted by molar-refractivity contribution is 7.15. The van der Waals surface area contributed by atoms with E-state index in [0.717, 1.165) is 29.2 Å². The van der Waals surface area contributed by atoms with E-state index in [-0.39, 0.29) is 0 Å². The van der Waals surface area contributed by atoms with Gasteiger partial charge in [0.1, 0.15) is 22.8 Å². The average molecular weight is 474 g/mol. The van der Waals surface area contributed by atoms with E-state index in [2.05, 4.69) is 27.8 Å². The predicted molar refractivity (Wildman–Crippen MR) is 126 cm³/mol. The normalized spacial score (nSPS) is 17.8. The Balaban J connectivity index is 1.52. The van der Waals surface area contributed by atoms with Crippen molar-refractivity contribution < 1.29 is 19.1 Å². The number of nitrogens with zero attached hydrogens (tertiary/aromatic N) is 3. The minimum Gasteiger partial charge on any atom is -0.497 e. The zero-order valence-corrected chi connectivity index (χ0v) is 20.2. The summed E-state index contributed by atoms with van der Waals surface area (Å²) in [5.41, 5.74) is -0.649. The number of anilines is 1. The highest BCUT2D eigenvalue weighted by atomic mass is 32.1. The number of aryl methyl sites for hydroxylation is 1. The van der Waals surface area contributed by atoms with E-state index >= 15 is 0 Å². The number of carbonyl (C=O) groups is 3. The number of aromatic nitrogens is 2. The van der Waals surface area contributed by atoms with Crippen LogP contribution in [0.1, 0.15) is 62.9 Å². The van der Waals surface area contributed by atoms with Crippen LogP contribution in [0.2, 0.25) is 0 Å². The van der Waals surface area contributed by atoms with Crippen molar-refractivity contribution in [3.8, 4) is 5.75 Å². The standard InChI is InChI=1S/C23H31N5O4S/c1-4-5-6-7-8-9-10-19-26-27-21(33-19)24-18(29)15-28-20(30)23(2,25-22(28)31)16-11-13-17(32-3)14-12-16/h11-14H,4-10,15H2,1-3H3,(H,25,31)(H,24,27,29). The van der Waals surface area contributed by atoms with E-state index in [1.54, 1.807) is 38.3 Å². The molecule has 0 saturated carbocycles. The number of benzene rings is 1. The maximum atomic E-state index is 13.0. The maximum Gasteiger partial charge on any atom is 0.325 e. The third kappa shape index (κ3) is 6.07. The number of urea groups is 1. The lowest BCUT2D eigenvalue weighted by Crippen LogP contribution is -2.42. The number of hydrogen-bond acceptors (Lipinski definition) is 7. The molecular weight excluding hydrogens is 442 g/mol. The Labute approximate surface area is 197 Å². The number of imide groups is 1. The van der Waals surface area contributed by atoms with Gasteiger partial charge < -0.3 is 10.1 Å². The molecule has 178 valence electrons. The van der Waals surface area contributed by atoms with Crippen LogP contribution >= 0.6 is 11.3 Å². The Kier molecular flexibility index (Phi) is 8.37. The molecule has 0 spiro atoms. The van der Waals surface area contributed by atoms with Crippen LogP contribution < -0.4 is 15.4 Å². The quantitative estimate of drug-likeness (QED) is 0.357. The lowest BCUT2D eigenvalue weighted by atomic mass is 9.92. The monoisotopic (exact) mass is 473 g/mol. The fourth-order valence-corrected chi connectivity index (χ4v) is 4.52. The molecule has 2 N–H and O–H groups in total. The Morgan fingerprint density at radius 2 is 1.82 bits per heavy atom. The minimum atomic E-state index is -1.25. The summed E-state index contributed by atoms with van der Waals surface area (Å²) in [4.78, 5) is 38.9. The molecule has 2 heterocycles. The van der Waals surface area contributed by atoms with Crippen molar-refractivity contribution in [3.05, 3.63) is 34.8 Å². The number of unbranched alkanes of at least 4 members (excludes halogenated alkanes) is 5. The number of hydrogen-bond donors (Lipinski definition) is 2. The molecule has 3 rings (SSSR count). The van der Waals surface area contributed by atoms with Crippen LogP contribution in [0.25, 0.3) is 0 Å². The van der Waals surface area contributed by atoms with Gasteiger partial charge in [-0.2, -0.15) is 0 Å². The average Bonchev–Trinajstić information content (AvgIpc) is 3.34. The molecule has 1 aromatic carbocycles. The number of ether oxygens (including phenoxy) is 1. The summed E-state index contributed by atoms with van der Waals surface area (Å²) in [5.74, 6) is -0.350. The van der Waals surface area contributed by atoms with Gasteiger partial charge in [0.05, 0.1) is 7.11 Å². The van der Waals surface area contributed by atoms with Gasteiger partial charge >= 0.3 is 6.03 Å². The second kappa shape index (κ2) is 11.2. The summed E-state index contributed by atoms with van der Waals surface area (Å²) in [6, 6.07) is 6.25. The largest absolute Gasteiger partial charge is 0.497 e. The first-order valence-corrected chi connectivity index (χ1v) is 12.1. The third-order valence-corrected chi connectivity index (χ3v) is 6.60. The Morgan fingerprint density at radius 3 is 2.52 bits per heavy atom. The first-order chi connectivity index (χ1) is 15.9. The van der Waals surface area contributed by atoms with E-state index in [1.165, 1.54) is 37.0 Å². The summed E-state index contributed by atoms with van der Waals surface area (Å²) in [5, 5.41) is 14.7. The molecule has 0 aliphatic carbocycles. The molecule has 1 saturated heterocycles. The summed E-state index contributed by atoms with van der Waals surface area (Å²) < 4.78 is 5.14. The van der Waals surface area contributed by atoms with Crippen LogP contribution in [0.15, 0.2) is 24.3 Å². The number of rotatable bonds is 12. The van der Waals surface area contributed by atoms with Crippen molar-refractivity contribution in [2.24, 2.45) is 0 Å². The molecule has 1 aliphatic heterocycles. The van der Waals surface area contributed by atoms with E-state index in [0.29, 0.717) is 16.4 Å². The summed E-state index contributed by atoms with van der Waals surface area (Å²) >= 11 is 1.32.